The minimum absolute atomic E-state index is 0.140. The Balaban J connectivity index is 1.19. The first kappa shape index (κ1) is 24.6. The summed E-state index contributed by atoms with van der Waals surface area (Å²) in [5.41, 5.74) is 2.13. The van der Waals surface area contributed by atoms with Crippen LogP contribution in [0.1, 0.15) is 52.0 Å². The number of imide groups is 1. The Morgan fingerprint density at radius 2 is 1.58 bits per heavy atom. The van der Waals surface area contributed by atoms with Crippen molar-refractivity contribution < 1.29 is 23.9 Å². The molecule has 6 nitrogen and oxygen atoms in total. The summed E-state index contributed by atoms with van der Waals surface area (Å²) in [6.45, 7) is 1.51. The molecule has 0 aromatic heterocycles. The maximum Gasteiger partial charge on any atom is 0.338 e. The normalized spacial score (nSPS) is 26.4. The summed E-state index contributed by atoms with van der Waals surface area (Å²) < 4.78 is 5.43. The summed E-state index contributed by atoms with van der Waals surface area (Å²) in [4.78, 5) is 54.0. The van der Waals surface area contributed by atoms with Crippen LogP contribution in [-0.4, -0.2) is 29.7 Å². The van der Waals surface area contributed by atoms with E-state index in [1.54, 1.807) is 42.5 Å². The molecule has 0 N–H and O–H groups in total. The van der Waals surface area contributed by atoms with E-state index in [4.69, 9.17) is 16.3 Å². The number of fused-ring (bicyclic) bond motifs is 5. The van der Waals surface area contributed by atoms with E-state index in [-0.39, 0.29) is 52.8 Å². The van der Waals surface area contributed by atoms with Crippen LogP contribution in [0.25, 0.3) is 0 Å². The number of rotatable bonds is 6. The van der Waals surface area contributed by atoms with Gasteiger partial charge >= 0.3 is 5.97 Å². The molecule has 1 aliphatic heterocycles. The van der Waals surface area contributed by atoms with Crippen LogP contribution in [0.15, 0.2) is 78.9 Å². The molecule has 38 heavy (non-hydrogen) atoms. The fraction of sp³-hybridized carbons (Fsp3) is 0.290. The van der Waals surface area contributed by atoms with E-state index in [0.29, 0.717) is 16.3 Å². The molecule has 2 amide bonds. The van der Waals surface area contributed by atoms with E-state index >= 15 is 0 Å². The van der Waals surface area contributed by atoms with Crippen molar-refractivity contribution in [3.8, 4) is 0 Å². The number of benzene rings is 3. The number of carbonyl (C=O) groups excluding carboxylic acids is 4. The lowest BCUT2D eigenvalue weighted by molar-refractivity contribution is -0.123. The molecule has 6 rings (SSSR count). The summed E-state index contributed by atoms with van der Waals surface area (Å²) in [6, 6.07) is 22.9. The first-order valence-electron chi connectivity index (χ1n) is 12.9. The molecule has 2 aliphatic carbocycles. The van der Waals surface area contributed by atoms with E-state index < -0.39 is 12.1 Å². The number of hydrogen-bond donors (Lipinski definition) is 0. The van der Waals surface area contributed by atoms with Crippen LogP contribution < -0.4 is 4.90 Å². The summed E-state index contributed by atoms with van der Waals surface area (Å²) >= 11 is 5.89. The number of anilines is 1. The van der Waals surface area contributed by atoms with Gasteiger partial charge in [0, 0.05) is 10.6 Å². The highest BCUT2D eigenvalue weighted by molar-refractivity contribution is 6.30. The molecule has 6 atom stereocenters. The molecule has 3 aromatic carbocycles. The van der Waals surface area contributed by atoms with Crippen LogP contribution in [-0.2, 0) is 14.3 Å². The van der Waals surface area contributed by atoms with E-state index in [1.165, 1.54) is 23.5 Å². The predicted molar refractivity (Wildman–Crippen MR) is 142 cm³/mol. The van der Waals surface area contributed by atoms with Gasteiger partial charge in [-0.2, -0.15) is 0 Å². The van der Waals surface area contributed by atoms with Gasteiger partial charge in [-0.25, -0.2) is 4.79 Å². The number of halogens is 1. The van der Waals surface area contributed by atoms with E-state index in [9.17, 15) is 19.2 Å². The number of ether oxygens (including phenoxy) is 1. The quantitative estimate of drug-likeness (QED) is 0.233. The summed E-state index contributed by atoms with van der Waals surface area (Å²) in [5.74, 6) is -1.47. The van der Waals surface area contributed by atoms with Gasteiger partial charge in [-0.15, -0.1) is 0 Å². The standard InChI is InChI=1S/C31H26ClNO5/c1-17(28(34)19-10-12-22(32)13-11-19)38-31(37)20-8-5-9-23(14-20)33-29(35)26-21-15-24(18-6-3-2-4-7-18)25(16-21)27(26)30(33)36/h2-14,17,21,24-27H,15-16H2,1H3/t17-,21+,24+,25+,26-,27-/m0/s1. The van der Waals surface area contributed by atoms with E-state index in [2.05, 4.69) is 12.1 Å². The van der Waals surface area contributed by atoms with Crippen LogP contribution in [0.5, 0.6) is 0 Å². The predicted octanol–water partition coefficient (Wildman–Crippen LogP) is 5.70. The van der Waals surface area contributed by atoms with Gasteiger partial charge in [0.05, 0.1) is 23.1 Å². The Kier molecular flexibility index (Phi) is 6.15. The van der Waals surface area contributed by atoms with Gasteiger partial charge in [0.2, 0.25) is 17.6 Å². The second-order valence-corrected chi connectivity index (χ2v) is 10.9. The van der Waals surface area contributed by atoms with Crippen molar-refractivity contribution in [1.29, 1.82) is 0 Å². The fourth-order valence-corrected chi connectivity index (χ4v) is 6.83. The molecular weight excluding hydrogens is 502 g/mol. The van der Waals surface area contributed by atoms with Gasteiger partial charge in [-0.1, -0.05) is 48.0 Å². The molecule has 7 heteroatoms. The minimum Gasteiger partial charge on any atom is -0.451 e. The minimum atomic E-state index is -1.02. The van der Waals surface area contributed by atoms with Gasteiger partial charge in [0.25, 0.3) is 0 Å². The fourth-order valence-electron chi connectivity index (χ4n) is 6.70. The molecule has 1 saturated heterocycles. The van der Waals surface area contributed by atoms with Crippen molar-refractivity contribution in [2.24, 2.45) is 23.7 Å². The lowest BCUT2D eigenvalue weighted by Crippen LogP contribution is -2.33. The molecule has 2 bridgehead atoms. The van der Waals surface area contributed by atoms with Crippen molar-refractivity contribution in [1.82, 2.24) is 0 Å². The molecular formula is C31H26ClNO5. The lowest BCUT2D eigenvalue weighted by atomic mass is 9.73. The zero-order chi connectivity index (χ0) is 26.6. The number of ketones is 1. The molecule has 0 spiro atoms. The van der Waals surface area contributed by atoms with E-state index in [0.717, 1.165) is 12.8 Å². The zero-order valence-corrected chi connectivity index (χ0v) is 21.5. The van der Waals surface area contributed by atoms with E-state index in [1.807, 2.05) is 18.2 Å². The second-order valence-electron chi connectivity index (χ2n) is 10.4. The maximum absolute atomic E-state index is 13.6. The number of carbonyl (C=O) groups is 4. The first-order valence-corrected chi connectivity index (χ1v) is 13.2. The highest BCUT2D eigenvalue weighted by Crippen LogP contribution is 2.61. The van der Waals surface area contributed by atoms with Crippen LogP contribution >= 0.6 is 11.6 Å². The Morgan fingerprint density at radius 3 is 2.32 bits per heavy atom. The Bertz CT molecular complexity index is 1440. The molecule has 0 unspecified atom stereocenters. The molecule has 0 radical (unpaired) electrons. The third kappa shape index (κ3) is 4.04. The zero-order valence-electron chi connectivity index (χ0n) is 20.8. The van der Waals surface area contributed by atoms with Gasteiger partial charge in [-0.05, 0) is 85.5 Å². The number of esters is 1. The first-order chi connectivity index (χ1) is 18.3. The highest BCUT2D eigenvalue weighted by Gasteiger charge is 2.64. The SMILES string of the molecule is C[C@H](OC(=O)c1cccc(N2C(=O)[C@H]3[C@H]4C[C@@H]([C@@H]3C2=O)[C@@H](c2ccccc2)C4)c1)C(=O)c1ccc(Cl)cc1. The molecule has 2 saturated carbocycles. The Hall–Kier alpha value is -3.77. The van der Waals surface area contributed by atoms with Crippen LogP contribution in [0.4, 0.5) is 5.69 Å². The largest absolute Gasteiger partial charge is 0.451 e. The van der Waals surface area contributed by atoms with Crippen molar-refractivity contribution in [3.63, 3.8) is 0 Å². The second kappa shape index (κ2) is 9.52. The third-order valence-electron chi connectivity index (χ3n) is 8.37. The number of amides is 2. The van der Waals surface area contributed by atoms with Crippen LogP contribution in [0.3, 0.4) is 0 Å². The van der Waals surface area contributed by atoms with Crippen molar-refractivity contribution in [2.75, 3.05) is 4.90 Å². The maximum atomic E-state index is 13.6. The average Bonchev–Trinajstić information content (AvgIpc) is 3.60. The van der Waals surface area contributed by atoms with Gasteiger partial charge in [0.1, 0.15) is 0 Å². The molecule has 3 fully saturated rings. The molecule has 1 heterocycles. The summed E-state index contributed by atoms with van der Waals surface area (Å²) in [7, 11) is 0. The smallest absolute Gasteiger partial charge is 0.338 e. The van der Waals surface area contributed by atoms with Crippen LogP contribution in [0.2, 0.25) is 5.02 Å². The molecule has 3 aromatic rings. The van der Waals surface area contributed by atoms with Crippen molar-refractivity contribution >= 4 is 40.9 Å². The van der Waals surface area contributed by atoms with Crippen LogP contribution in [0, 0.1) is 23.7 Å². The lowest BCUT2D eigenvalue weighted by Gasteiger charge is -2.28. The van der Waals surface area contributed by atoms with Gasteiger partial charge in [-0.3, -0.25) is 19.3 Å². The molecule has 192 valence electrons. The van der Waals surface area contributed by atoms with Gasteiger partial charge in [0.15, 0.2) is 6.10 Å². The number of hydrogen-bond acceptors (Lipinski definition) is 5. The number of nitrogens with zero attached hydrogens (tertiary/aromatic N) is 1. The summed E-state index contributed by atoms with van der Waals surface area (Å²) in [6.07, 6.45) is 0.785. The van der Waals surface area contributed by atoms with Crippen molar-refractivity contribution in [2.45, 2.75) is 31.8 Å². The highest BCUT2D eigenvalue weighted by atomic mass is 35.5. The third-order valence-corrected chi connectivity index (χ3v) is 8.62. The molecule has 3 aliphatic rings. The topological polar surface area (TPSA) is 80.8 Å². The van der Waals surface area contributed by atoms with Gasteiger partial charge < -0.3 is 4.74 Å². The summed E-state index contributed by atoms with van der Waals surface area (Å²) in [5, 5.41) is 0.502. The average molecular weight is 528 g/mol. The Morgan fingerprint density at radius 1 is 0.868 bits per heavy atom. The number of Topliss-reactive ketones (excluding diaryl/α,β-unsaturated/α-hetero) is 1. The monoisotopic (exact) mass is 527 g/mol. The Labute approximate surface area is 225 Å². The van der Waals surface area contributed by atoms with Crippen molar-refractivity contribution in [3.05, 3.63) is 101 Å².